The highest BCUT2D eigenvalue weighted by Gasteiger charge is 2.27. The molecule has 112 valence electrons. The molecule has 3 heterocycles. The average molecular weight is 304 g/mol. The first-order valence-corrected chi connectivity index (χ1v) is 8.04. The molecule has 2 aromatic heterocycles. The molecule has 0 spiro atoms. The predicted molar refractivity (Wildman–Crippen MR) is 82.7 cm³/mol. The second-order valence-corrected chi connectivity index (χ2v) is 6.69. The molecule has 0 radical (unpaired) electrons. The van der Waals surface area contributed by atoms with Gasteiger partial charge in [0.15, 0.2) is 0 Å². The van der Waals surface area contributed by atoms with E-state index >= 15 is 0 Å². The van der Waals surface area contributed by atoms with Crippen molar-refractivity contribution < 1.29 is 4.79 Å². The van der Waals surface area contributed by atoms with Crippen molar-refractivity contribution >= 4 is 17.4 Å². The van der Waals surface area contributed by atoms with Crippen molar-refractivity contribution in [1.82, 2.24) is 19.1 Å². The van der Waals surface area contributed by atoms with E-state index in [0.717, 1.165) is 42.1 Å². The summed E-state index contributed by atoms with van der Waals surface area (Å²) in [6.45, 7) is 5.51. The number of carbonyl (C=O) groups excluding carboxylic acids is 1. The van der Waals surface area contributed by atoms with E-state index in [9.17, 15) is 4.79 Å². The van der Waals surface area contributed by atoms with Gasteiger partial charge in [-0.1, -0.05) is 0 Å². The summed E-state index contributed by atoms with van der Waals surface area (Å²) in [5, 5.41) is 4.24. The Morgan fingerprint density at radius 2 is 2.05 bits per heavy atom. The number of nitrogens with zero attached hydrogens (tertiary/aromatic N) is 4. The minimum Gasteiger partial charge on any atom is -0.339 e. The number of aryl methyl sites for hydroxylation is 3. The Hall–Kier alpha value is -1.69. The van der Waals surface area contributed by atoms with Crippen LogP contribution in [0.1, 0.15) is 45.3 Å². The minimum atomic E-state index is 0.142. The zero-order valence-corrected chi connectivity index (χ0v) is 13.5. The SMILES string of the molecule is Cc1nsc(C)c1C(=O)N1CCC(c2cnn(C)c2)CC1. The van der Waals surface area contributed by atoms with Gasteiger partial charge in [0.2, 0.25) is 0 Å². The van der Waals surface area contributed by atoms with Gasteiger partial charge in [-0.15, -0.1) is 0 Å². The Morgan fingerprint density at radius 3 is 2.57 bits per heavy atom. The minimum absolute atomic E-state index is 0.142. The molecule has 0 N–H and O–H groups in total. The van der Waals surface area contributed by atoms with Crippen molar-refractivity contribution in [3.63, 3.8) is 0 Å². The predicted octanol–water partition coefficient (Wildman–Crippen LogP) is 2.51. The molecule has 0 aliphatic carbocycles. The van der Waals surface area contributed by atoms with Gasteiger partial charge < -0.3 is 4.90 Å². The fourth-order valence-corrected chi connectivity index (χ4v) is 3.70. The van der Waals surface area contributed by atoms with Crippen LogP contribution in [0.2, 0.25) is 0 Å². The summed E-state index contributed by atoms with van der Waals surface area (Å²) < 4.78 is 6.12. The smallest absolute Gasteiger partial charge is 0.256 e. The molecule has 1 aliphatic heterocycles. The van der Waals surface area contributed by atoms with Crippen LogP contribution in [0.25, 0.3) is 0 Å². The number of hydrogen-bond donors (Lipinski definition) is 0. The Balaban J connectivity index is 1.67. The lowest BCUT2D eigenvalue weighted by atomic mass is 9.91. The number of piperidine rings is 1. The topological polar surface area (TPSA) is 51.0 Å². The third-order valence-corrected chi connectivity index (χ3v) is 5.07. The highest BCUT2D eigenvalue weighted by Crippen LogP contribution is 2.29. The number of likely N-dealkylation sites (tertiary alicyclic amines) is 1. The van der Waals surface area contributed by atoms with Crippen LogP contribution in [-0.4, -0.2) is 38.1 Å². The van der Waals surface area contributed by atoms with Crippen LogP contribution in [0.3, 0.4) is 0 Å². The van der Waals surface area contributed by atoms with Crippen LogP contribution in [0.5, 0.6) is 0 Å². The average Bonchev–Trinajstić information content (AvgIpc) is 3.05. The molecule has 1 amide bonds. The number of aromatic nitrogens is 3. The molecule has 21 heavy (non-hydrogen) atoms. The number of rotatable bonds is 2. The zero-order valence-electron chi connectivity index (χ0n) is 12.7. The molecule has 3 rings (SSSR count). The van der Waals surface area contributed by atoms with Gasteiger partial charge >= 0.3 is 0 Å². The monoisotopic (exact) mass is 304 g/mol. The fourth-order valence-electron chi connectivity index (χ4n) is 3.01. The van der Waals surface area contributed by atoms with Crippen LogP contribution >= 0.6 is 11.5 Å². The third-order valence-electron chi connectivity index (χ3n) is 4.23. The van der Waals surface area contributed by atoms with Crippen molar-refractivity contribution in [1.29, 1.82) is 0 Å². The van der Waals surface area contributed by atoms with E-state index in [4.69, 9.17) is 0 Å². The van der Waals surface area contributed by atoms with Gasteiger partial charge in [-0.25, -0.2) is 0 Å². The second-order valence-electron chi connectivity index (χ2n) is 5.71. The number of amides is 1. The molecule has 0 bridgehead atoms. The fraction of sp³-hybridized carbons (Fsp3) is 0.533. The van der Waals surface area contributed by atoms with Gasteiger partial charge in [0.25, 0.3) is 5.91 Å². The first-order chi connectivity index (χ1) is 10.1. The maximum absolute atomic E-state index is 12.6. The molecule has 0 atom stereocenters. The summed E-state index contributed by atoms with van der Waals surface area (Å²) >= 11 is 1.42. The Morgan fingerprint density at radius 1 is 1.33 bits per heavy atom. The third kappa shape index (κ3) is 2.72. The molecular weight excluding hydrogens is 284 g/mol. The van der Waals surface area contributed by atoms with E-state index < -0.39 is 0 Å². The van der Waals surface area contributed by atoms with E-state index in [1.807, 2.05) is 36.7 Å². The molecule has 0 aromatic carbocycles. The largest absolute Gasteiger partial charge is 0.339 e. The van der Waals surface area contributed by atoms with Crippen LogP contribution < -0.4 is 0 Å². The number of hydrogen-bond acceptors (Lipinski definition) is 4. The van der Waals surface area contributed by atoms with E-state index in [0.29, 0.717) is 5.92 Å². The van der Waals surface area contributed by atoms with Crippen molar-refractivity contribution in [2.24, 2.45) is 7.05 Å². The summed E-state index contributed by atoms with van der Waals surface area (Å²) in [6.07, 6.45) is 6.04. The van der Waals surface area contributed by atoms with Crippen LogP contribution in [0.4, 0.5) is 0 Å². The van der Waals surface area contributed by atoms with Gasteiger partial charge in [-0.2, -0.15) is 9.47 Å². The molecule has 1 fully saturated rings. The quantitative estimate of drug-likeness (QED) is 0.856. The van der Waals surface area contributed by atoms with Crippen LogP contribution in [0.15, 0.2) is 12.4 Å². The van der Waals surface area contributed by atoms with Crippen LogP contribution in [0, 0.1) is 13.8 Å². The Bertz CT molecular complexity index is 633. The summed E-state index contributed by atoms with van der Waals surface area (Å²) in [5.74, 6) is 0.661. The van der Waals surface area contributed by atoms with Gasteiger partial charge in [-0.05, 0) is 49.7 Å². The summed E-state index contributed by atoms with van der Waals surface area (Å²) in [4.78, 5) is 15.6. The van der Waals surface area contributed by atoms with Crippen LogP contribution in [-0.2, 0) is 7.05 Å². The molecule has 5 nitrogen and oxygen atoms in total. The van der Waals surface area contributed by atoms with E-state index in [1.54, 1.807) is 0 Å². The van der Waals surface area contributed by atoms with Gasteiger partial charge in [0.1, 0.15) is 0 Å². The van der Waals surface area contributed by atoms with E-state index in [1.165, 1.54) is 17.1 Å². The van der Waals surface area contributed by atoms with Crippen molar-refractivity contribution in [2.45, 2.75) is 32.6 Å². The first kappa shape index (κ1) is 14.3. The van der Waals surface area contributed by atoms with Gasteiger partial charge in [0.05, 0.1) is 17.5 Å². The molecule has 0 saturated carbocycles. The molecule has 2 aromatic rings. The maximum Gasteiger partial charge on any atom is 0.256 e. The normalized spacial score (nSPS) is 16.4. The highest BCUT2D eigenvalue weighted by molar-refractivity contribution is 7.06. The van der Waals surface area contributed by atoms with Crippen molar-refractivity contribution in [3.8, 4) is 0 Å². The summed E-state index contributed by atoms with van der Waals surface area (Å²) in [7, 11) is 1.94. The molecular formula is C15H20N4OS. The molecule has 6 heteroatoms. The Labute approximate surface area is 128 Å². The first-order valence-electron chi connectivity index (χ1n) is 7.27. The Kier molecular flexibility index (Phi) is 3.80. The molecule has 1 aliphatic rings. The summed E-state index contributed by atoms with van der Waals surface area (Å²) in [6, 6.07) is 0. The van der Waals surface area contributed by atoms with E-state index in [-0.39, 0.29) is 5.91 Å². The lowest BCUT2D eigenvalue weighted by molar-refractivity contribution is 0.0712. The van der Waals surface area contributed by atoms with Crippen molar-refractivity contribution in [2.75, 3.05) is 13.1 Å². The lowest BCUT2D eigenvalue weighted by Crippen LogP contribution is -2.38. The van der Waals surface area contributed by atoms with Gasteiger partial charge in [-0.3, -0.25) is 9.48 Å². The molecule has 0 unspecified atom stereocenters. The lowest BCUT2D eigenvalue weighted by Gasteiger charge is -2.31. The standard InChI is InChI=1S/C15H20N4OS/c1-10-14(11(2)21-17-10)15(20)19-6-4-12(5-7-19)13-8-16-18(3)9-13/h8-9,12H,4-7H2,1-3H3. The van der Waals surface area contributed by atoms with Gasteiger partial charge in [0, 0.05) is 31.2 Å². The summed E-state index contributed by atoms with van der Waals surface area (Å²) in [5.41, 5.74) is 2.95. The van der Waals surface area contributed by atoms with E-state index in [2.05, 4.69) is 15.7 Å². The highest BCUT2D eigenvalue weighted by atomic mass is 32.1. The maximum atomic E-state index is 12.6. The molecule has 1 saturated heterocycles. The number of carbonyl (C=O) groups is 1. The second kappa shape index (κ2) is 5.60. The van der Waals surface area contributed by atoms with Crippen molar-refractivity contribution in [3.05, 3.63) is 34.1 Å². The zero-order chi connectivity index (χ0) is 15.0.